The molecule has 0 bridgehead atoms. The molecule has 1 rings (SSSR count). The van der Waals surface area contributed by atoms with Crippen LogP contribution < -0.4 is 0 Å². The number of carboxylic acids is 1. The van der Waals surface area contributed by atoms with E-state index < -0.39 is 11.9 Å². The van der Waals surface area contributed by atoms with Crippen LogP contribution >= 0.6 is 0 Å². The van der Waals surface area contributed by atoms with Crippen LogP contribution in [0.1, 0.15) is 66.2 Å². The third kappa shape index (κ3) is 5.87. The van der Waals surface area contributed by atoms with Gasteiger partial charge in [0.1, 0.15) is 0 Å². The summed E-state index contributed by atoms with van der Waals surface area (Å²) in [5, 5.41) is 8.76. The van der Waals surface area contributed by atoms with Crippen molar-refractivity contribution in [2.45, 2.75) is 45.4 Å². The number of rotatable bonds is 9. The van der Waals surface area contributed by atoms with Gasteiger partial charge in [-0.25, -0.2) is 9.59 Å². The minimum Gasteiger partial charge on any atom is -0.478 e. The molecule has 0 aromatic heterocycles. The number of carbonyl (C=O) groups is 2. The number of unbranched alkanes of at least 4 members (excludes halogenated alkanes) is 5. The van der Waals surface area contributed by atoms with E-state index in [1.54, 1.807) is 0 Å². The molecule has 0 aliphatic rings. The van der Waals surface area contributed by atoms with E-state index in [1.165, 1.54) is 49.9 Å². The number of esters is 1. The number of ether oxygens (including phenoxy) is 1. The first kappa shape index (κ1) is 16.2. The number of carboxylic acid groups (broad SMARTS) is 1. The summed E-state index contributed by atoms with van der Waals surface area (Å²) in [5.41, 5.74) is 0.554. The number of carbonyl (C=O) groups excluding carboxylic acids is 1. The van der Waals surface area contributed by atoms with Gasteiger partial charge in [0.2, 0.25) is 0 Å². The molecule has 110 valence electrons. The summed E-state index contributed by atoms with van der Waals surface area (Å²) in [7, 11) is 0. The van der Waals surface area contributed by atoms with E-state index in [9.17, 15) is 9.59 Å². The van der Waals surface area contributed by atoms with Crippen molar-refractivity contribution in [1.82, 2.24) is 0 Å². The molecule has 4 nitrogen and oxygen atoms in total. The molecule has 0 saturated heterocycles. The molecule has 0 spiro atoms. The maximum absolute atomic E-state index is 11.7. The monoisotopic (exact) mass is 278 g/mol. The van der Waals surface area contributed by atoms with Crippen LogP contribution in [0.25, 0.3) is 0 Å². The van der Waals surface area contributed by atoms with E-state index in [2.05, 4.69) is 6.92 Å². The fourth-order valence-corrected chi connectivity index (χ4v) is 1.88. The average Bonchev–Trinajstić information content (AvgIpc) is 2.46. The summed E-state index contributed by atoms with van der Waals surface area (Å²) < 4.78 is 5.15. The molecule has 0 aliphatic heterocycles. The number of benzene rings is 1. The van der Waals surface area contributed by atoms with Gasteiger partial charge >= 0.3 is 11.9 Å². The molecule has 0 unspecified atom stereocenters. The molecule has 0 fully saturated rings. The molecule has 0 atom stereocenters. The molecule has 1 aromatic rings. The maximum Gasteiger partial charge on any atom is 0.338 e. The normalized spacial score (nSPS) is 10.2. The zero-order valence-electron chi connectivity index (χ0n) is 11.9. The van der Waals surface area contributed by atoms with Crippen LogP contribution in [0.15, 0.2) is 24.3 Å². The average molecular weight is 278 g/mol. The second kappa shape index (κ2) is 9.13. The molecule has 0 amide bonds. The quantitative estimate of drug-likeness (QED) is 0.549. The zero-order chi connectivity index (χ0) is 14.8. The number of aromatic carboxylic acids is 1. The summed E-state index contributed by atoms with van der Waals surface area (Å²) in [4.78, 5) is 22.4. The topological polar surface area (TPSA) is 63.6 Å². The van der Waals surface area contributed by atoms with Crippen LogP contribution in [0, 0.1) is 0 Å². The fraction of sp³-hybridized carbons (Fsp3) is 0.500. The van der Waals surface area contributed by atoms with E-state index in [-0.39, 0.29) is 5.56 Å². The molecule has 4 heteroatoms. The lowest BCUT2D eigenvalue weighted by Crippen LogP contribution is -2.07. The highest BCUT2D eigenvalue weighted by molar-refractivity contribution is 5.92. The van der Waals surface area contributed by atoms with Gasteiger partial charge < -0.3 is 9.84 Å². The van der Waals surface area contributed by atoms with Crippen molar-refractivity contribution in [2.24, 2.45) is 0 Å². The van der Waals surface area contributed by atoms with Gasteiger partial charge in [-0.15, -0.1) is 0 Å². The Morgan fingerprint density at radius 1 is 0.950 bits per heavy atom. The van der Waals surface area contributed by atoms with Gasteiger partial charge in [-0.1, -0.05) is 39.0 Å². The highest BCUT2D eigenvalue weighted by Gasteiger charge is 2.08. The summed E-state index contributed by atoms with van der Waals surface area (Å²) in [6, 6.07) is 5.77. The smallest absolute Gasteiger partial charge is 0.338 e. The van der Waals surface area contributed by atoms with Crippen molar-refractivity contribution in [2.75, 3.05) is 6.61 Å². The fourth-order valence-electron chi connectivity index (χ4n) is 1.88. The Labute approximate surface area is 119 Å². The van der Waals surface area contributed by atoms with Gasteiger partial charge in [0.15, 0.2) is 0 Å². The zero-order valence-corrected chi connectivity index (χ0v) is 11.9. The lowest BCUT2D eigenvalue weighted by Gasteiger charge is -2.05. The van der Waals surface area contributed by atoms with E-state index in [4.69, 9.17) is 9.84 Å². The summed E-state index contributed by atoms with van der Waals surface area (Å²) in [5.74, 6) is -1.40. The predicted molar refractivity (Wildman–Crippen MR) is 77.1 cm³/mol. The Balaban J connectivity index is 2.24. The van der Waals surface area contributed by atoms with Crippen LogP contribution in [0.5, 0.6) is 0 Å². The molecule has 0 radical (unpaired) electrons. The summed E-state index contributed by atoms with van der Waals surface area (Å²) in [6.07, 6.45) is 6.85. The van der Waals surface area contributed by atoms with E-state index in [0.29, 0.717) is 12.2 Å². The molecular formula is C16H22O4. The highest BCUT2D eigenvalue weighted by atomic mass is 16.5. The Kier molecular flexibility index (Phi) is 7.40. The van der Waals surface area contributed by atoms with Crippen LogP contribution in [-0.4, -0.2) is 23.7 Å². The molecule has 0 saturated carbocycles. The van der Waals surface area contributed by atoms with Crippen molar-refractivity contribution in [3.63, 3.8) is 0 Å². The Morgan fingerprint density at radius 2 is 1.50 bits per heavy atom. The van der Waals surface area contributed by atoms with Gasteiger partial charge in [0.25, 0.3) is 0 Å². The minimum absolute atomic E-state index is 0.164. The maximum atomic E-state index is 11.7. The first-order valence-electron chi connectivity index (χ1n) is 7.15. The standard InChI is InChI=1S/C16H22O4/c1-2-3-4-5-6-7-12-20-16(19)14-10-8-13(9-11-14)15(17)18/h8-11H,2-7,12H2,1H3,(H,17,18). The lowest BCUT2D eigenvalue weighted by molar-refractivity contribution is 0.0496. The van der Waals surface area contributed by atoms with Crippen LogP contribution in [0.4, 0.5) is 0 Å². The van der Waals surface area contributed by atoms with Crippen molar-refractivity contribution >= 4 is 11.9 Å². The largest absolute Gasteiger partial charge is 0.478 e. The van der Waals surface area contributed by atoms with Crippen LogP contribution in [0.3, 0.4) is 0 Å². The summed E-state index contributed by atoms with van der Waals surface area (Å²) >= 11 is 0. The number of hydrogen-bond acceptors (Lipinski definition) is 3. The van der Waals surface area contributed by atoms with Crippen LogP contribution in [0.2, 0.25) is 0 Å². The molecule has 1 N–H and O–H groups in total. The van der Waals surface area contributed by atoms with E-state index >= 15 is 0 Å². The first-order chi connectivity index (χ1) is 9.65. The minimum atomic E-state index is -1.00. The molecule has 1 aromatic carbocycles. The van der Waals surface area contributed by atoms with Crippen molar-refractivity contribution < 1.29 is 19.4 Å². The van der Waals surface area contributed by atoms with E-state index in [0.717, 1.165) is 12.8 Å². The van der Waals surface area contributed by atoms with Gasteiger partial charge in [-0.2, -0.15) is 0 Å². The highest BCUT2D eigenvalue weighted by Crippen LogP contribution is 2.08. The van der Waals surface area contributed by atoms with Gasteiger partial charge in [0.05, 0.1) is 17.7 Å². The van der Waals surface area contributed by atoms with Crippen LogP contribution in [-0.2, 0) is 4.74 Å². The Hall–Kier alpha value is -1.84. The second-order valence-electron chi connectivity index (χ2n) is 4.79. The molecule has 0 aliphatic carbocycles. The van der Waals surface area contributed by atoms with Gasteiger partial charge in [-0.3, -0.25) is 0 Å². The van der Waals surface area contributed by atoms with Crippen molar-refractivity contribution in [1.29, 1.82) is 0 Å². The molecule has 0 heterocycles. The Bertz CT molecular complexity index is 423. The SMILES string of the molecule is CCCCCCCCOC(=O)c1ccc(C(=O)O)cc1. The predicted octanol–water partition coefficient (Wildman–Crippen LogP) is 3.90. The van der Waals surface area contributed by atoms with Crippen molar-refractivity contribution in [3.8, 4) is 0 Å². The first-order valence-corrected chi connectivity index (χ1v) is 7.15. The molecule has 20 heavy (non-hydrogen) atoms. The van der Waals surface area contributed by atoms with Gasteiger partial charge in [0, 0.05) is 0 Å². The van der Waals surface area contributed by atoms with E-state index in [1.807, 2.05) is 0 Å². The molecular weight excluding hydrogens is 256 g/mol. The second-order valence-corrected chi connectivity index (χ2v) is 4.79. The third-order valence-electron chi connectivity index (χ3n) is 3.10. The lowest BCUT2D eigenvalue weighted by atomic mass is 10.1. The third-order valence-corrected chi connectivity index (χ3v) is 3.10. The summed E-state index contributed by atoms with van der Waals surface area (Å²) in [6.45, 7) is 2.60. The number of hydrogen-bond donors (Lipinski definition) is 1. The van der Waals surface area contributed by atoms with Gasteiger partial charge in [-0.05, 0) is 30.7 Å². The van der Waals surface area contributed by atoms with Crippen molar-refractivity contribution in [3.05, 3.63) is 35.4 Å². The Morgan fingerprint density at radius 3 is 2.10 bits per heavy atom.